The maximum atomic E-state index is 12.5. The first-order valence-corrected chi connectivity index (χ1v) is 8.31. The Morgan fingerprint density at radius 3 is 2.96 bits per heavy atom. The Balaban J connectivity index is 1.59. The molecule has 1 aromatic carbocycles. The maximum Gasteiger partial charge on any atom is 0.260 e. The minimum absolute atomic E-state index is 0.00292. The lowest BCUT2D eigenvalue weighted by atomic mass is 9.98. The van der Waals surface area contributed by atoms with E-state index in [1.54, 1.807) is 6.92 Å². The average Bonchev–Trinajstić information content (AvgIpc) is 3.02. The van der Waals surface area contributed by atoms with E-state index in [0.717, 1.165) is 36.3 Å². The van der Waals surface area contributed by atoms with Crippen LogP contribution in [0.15, 0.2) is 22.7 Å². The van der Waals surface area contributed by atoms with Gasteiger partial charge in [-0.05, 0) is 50.8 Å². The number of hydrogen-bond acceptors (Lipinski definition) is 5. The highest BCUT2D eigenvalue weighted by Gasteiger charge is 2.28. The van der Waals surface area contributed by atoms with Gasteiger partial charge in [-0.2, -0.15) is 4.98 Å². The largest absolute Gasteiger partial charge is 0.483 e. The molecule has 0 bridgehead atoms. The van der Waals surface area contributed by atoms with Crippen molar-refractivity contribution in [2.45, 2.75) is 39.5 Å². The highest BCUT2D eigenvalue weighted by atomic mass is 16.5. The van der Waals surface area contributed by atoms with E-state index in [1.807, 2.05) is 36.9 Å². The molecule has 128 valence electrons. The van der Waals surface area contributed by atoms with Crippen molar-refractivity contribution in [1.29, 1.82) is 0 Å². The first-order valence-electron chi connectivity index (χ1n) is 8.31. The van der Waals surface area contributed by atoms with E-state index in [-0.39, 0.29) is 18.4 Å². The van der Waals surface area contributed by atoms with E-state index < -0.39 is 0 Å². The number of likely N-dealkylation sites (tertiary alicyclic amines) is 1. The second-order valence-electron chi connectivity index (χ2n) is 6.42. The van der Waals surface area contributed by atoms with Crippen LogP contribution in [-0.2, 0) is 4.79 Å². The highest BCUT2D eigenvalue weighted by molar-refractivity contribution is 5.78. The van der Waals surface area contributed by atoms with Gasteiger partial charge in [-0.25, -0.2) is 0 Å². The molecule has 0 saturated carbocycles. The summed E-state index contributed by atoms with van der Waals surface area (Å²) in [6.07, 6.45) is 1.89. The zero-order valence-corrected chi connectivity index (χ0v) is 14.4. The Morgan fingerprint density at radius 2 is 2.21 bits per heavy atom. The molecule has 1 atom stereocenters. The number of rotatable bonds is 4. The van der Waals surface area contributed by atoms with E-state index in [2.05, 4.69) is 10.1 Å². The number of benzene rings is 1. The average molecular weight is 329 g/mol. The van der Waals surface area contributed by atoms with Crippen molar-refractivity contribution in [1.82, 2.24) is 15.0 Å². The molecule has 6 heteroatoms. The lowest BCUT2D eigenvalue weighted by molar-refractivity contribution is -0.134. The summed E-state index contributed by atoms with van der Waals surface area (Å²) >= 11 is 0. The number of aromatic nitrogens is 2. The first-order chi connectivity index (χ1) is 11.5. The maximum absolute atomic E-state index is 12.5. The summed E-state index contributed by atoms with van der Waals surface area (Å²) in [7, 11) is 0. The monoisotopic (exact) mass is 329 g/mol. The molecule has 0 N–H and O–H groups in total. The second-order valence-corrected chi connectivity index (χ2v) is 6.42. The number of amides is 1. The highest BCUT2D eigenvalue weighted by Crippen LogP contribution is 2.26. The van der Waals surface area contributed by atoms with Gasteiger partial charge in [-0.3, -0.25) is 4.79 Å². The van der Waals surface area contributed by atoms with Gasteiger partial charge in [0.2, 0.25) is 5.89 Å². The van der Waals surface area contributed by atoms with Gasteiger partial charge >= 0.3 is 0 Å². The van der Waals surface area contributed by atoms with Crippen LogP contribution >= 0.6 is 0 Å². The zero-order chi connectivity index (χ0) is 17.1. The van der Waals surface area contributed by atoms with Gasteiger partial charge in [0, 0.05) is 13.1 Å². The van der Waals surface area contributed by atoms with Gasteiger partial charge in [-0.15, -0.1) is 0 Å². The van der Waals surface area contributed by atoms with Gasteiger partial charge in [0.25, 0.3) is 5.91 Å². The summed E-state index contributed by atoms with van der Waals surface area (Å²) < 4.78 is 11.0. The Hall–Kier alpha value is -2.37. The molecule has 0 radical (unpaired) electrons. The van der Waals surface area contributed by atoms with Crippen molar-refractivity contribution >= 4 is 5.91 Å². The van der Waals surface area contributed by atoms with Crippen LogP contribution in [0, 0.1) is 20.8 Å². The molecular formula is C18H23N3O3. The molecular weight excluding hydrogens is 306 g/mol. The molecule has 1 amide bonds. The normalized spacial score (nSPS) is 17.8. The fourth-order valence-corrected chi connectivity index (χ4v) is 2.98. The molecule has 6 nitrogen and oxygen atoms in total. The van der Waals surface area contributed by atoms with Crippen LogP contribution in [0.3, 0.4) is 0 Å². The van der Waals surface area contributed by atoms with Crippen molar-refractivity contribution in [2.24, 2.45) is 0 Å². The second kappa shape index (κ2) is 7.03. The standard InChI is InChI=1S/C18H23N3O3/c1-12-6-7-13(2)16(9-12)23-11-17(22)21-8-4-5-15(10-21)18-19-14(3)20-24-18/h6-7,9,15H,4-5,8,10-11H2,1-3H3/t15-/m0/s1. The Labute approximate surface area is 141 Å². The molecule has 2 aromatic rings. The van der Waals surface area contributed by atoms with Crippen LogP contribution in [0.2, 0.25) is 0 Å². The van der Waals surface area contributed by atoms with Crippen molar-refractivity contribution in [2.75, 3.05) is 19.7 Å². The fraction of sp³-hybridized carbons (Fsp3) is 0.500. The molecule has 1 aliphatic rings. The smallest absolute Gasteiger partial charge is 0.260 e. The van der Waals surface area contributed by atoms with Crippen molar-refractivity contribution in [3.8, 4) is 5.75 Å². The van der Waals surface area contributed by atoms with Crippen molar-refractivity contribution < 1.29 is 14.1 Å². The van der Waals surface area contributed by atoms with E-state index in [0.29, 0.717) is 18.3 Å². The predicted octanol–water partition coefficient (Wildman–Crippen LogP) is 2.78. The summed E-state index contributed by atoms with van der Waals surface area (Å²) in [6.45, 7) is 7.20. The third-order valence-corrected chi connectivity index (χ3v) is 4.36. The van der Waals surface area contributed by atoms with E-state index in [1.165, 1.54) is 0 Å². The number of nitrogens with zero attached hydrogens (tertiary/aromatic N) is 3. The Morgan fingerprint density at radius 1 is 1.38 bits per heavy atom. The summed E-state index contributed by atoms with van der Waals surface area (Å²) in [6, 6.07) is 6.00. The lowest BCUT2D eigenvalue weighted by Crippen LogP contribution is -2.41. The summed E-state index contributed by atoms with van der Waals surface area (Å²) in [5.41, 5.74) is 2.15. The summed E-state index contributed by atoms with van der Waals surface area (Å²) in [4.78, 5) is 18.6. The van der Waals surface area contributed by atoms with Crippen molar-refractivity contribution in [3.63, 3.8) is 0 Å². The van der Waals surface area contributed by atoms with Crippen LogP contribution < -0.4 is 4.74 Å². The van der Waals surface area contributed by atoms with Gasteiger partial charge in [0.05, 0.1) is 5.92 Å². The topological polar surface area (TPSA) is 68.5 Å². The molecule has 0 spiro atoms. The third-order valence-electron chi connectivity index (χ3n) is 4.36. The van der Waals surface area contributed by atoms with Gasteiger partial charge in [-0.1, -0.05) is 17.3 Å². The predicted molar refractivity (Wildman–Crippen MR) is 89.0 cm³/mol. The minimum Gasteiger partial charge on any atom is -0.483 e. The molecule has 2 heterocycles. The number of hydrogen-bond donors (Lipinski definition) is 0. The minimum atomic E-state index is -0.00292. The SMILES string of the molecule is Cc1ccc(C)c(OCC(=O)N2CCC[C@H](c3nc(C)no3)C2)c1. The van der Waals surface area contributed by atoms with E-state index >= 15 is 0 Å². The van der Waals surface area contributed by atoms with Crippen LogP contribution in [0.5, 0.6) is 5.75 Å². The van der Waals surface area contributed by atoms with Crippen LogP contribution in [-0.4, -0.2) is 40.6 Å². The molecule has 1 aliphatic heterocycles. The zero-order valence-electron chi connectivity index (χ0n) is 14.4. The fourth-order valence-electron chi connectivity index (χ4n) is 2.98. The molecule has 1 fully saturated rings. The Kier molecular flexibility index (Phi) is 4.83. The Bertz CT molecular complexity index is 726. The third kappa shape index (κ3) is 3.75. The van der Waals surface area contributed by atoms with Crippen LogP contribution in [0.1, 0.15) is 41.6 Å². The first kappa shape index (κ1) is 16.5. The molecule has 24 heavy (non-hydrogen) atoms. The van der Waals surface area contributed by atoms with Crippen LogP contribution in [0.25, 0.3) is 0 Å². The molecule has 1 saturated heterocycles. The van der Waals surface area contributed by atoms with Crippen molar-refractivity contribution in [3.05, 3.63) is 41.0 Å². The molecule has 1 aromatic heterocycles. The van der Waals surface area contributed by atoms with E-state index in [9.17, 15) is 4.79 Å². The summed E-state index contributed by atoms with van der Waals surface area (Å²) in [5, 5.41) is 3.84. The number of piperidine rings is 1. The van der Waals surface area contributed by atoms with E-state index in [4.69, 9.17) is 9.26 Å². The molecule has 0 unspecified atom stereocenters. The molecule has 3 rings (SSSR count). The summed E-state index contributed by atoms with van der Waals surface area (Å²) in [5.74, 6) is 2.14. The number of carbonyl (C=O) groups excluding carboxylic acids is 1. The van der Waals surface area contributed by atoms with Gasteiger partial charge in [0.1, 0.15) is 5.75 Å². The number of ether oxygens (including phenoxy) is 1. The van der Waals surface area contributed by atoms with Gasteiger partial charge < -0.3 is 14.2 Å². The number of aryl methyl sites for hydroxylation is 3. The lowest BCUT2D eigenvalue weighted by Gasteiger charge is -2.31. The number of carbonyl (C=O) groups is 1. The van der Waals surface area contributed by atoms with Gasteiger partial charge in [0.15, 0.2) is 12.4 Å². The molecule has 0 aliphatic carbocycles. The van der Waals surface area contributed by atoms with Crippen LogP contribution in [0.4, 0.5) is 0 Å². The quantitative estimate of drug-likeness (QED) is 0.863.